The lowest BCUT2D eigenvalue weighted by Crippen LogP contribution is -2.35. The zero-order chi connectivity index (χ0) is 8.48. The van der Waals surface area contributed by atoms with Gasteiger partial charge in [-0.15, -0.1) is 0 Å². The van der Waals surface area contributed by atoms with Crippen LogP contribution in [0.2, 0.25) is 0 Å². The minimum absolute atomic E-state index is 0.107. The van der Waals surface area contributed by atoms with E-state index >= 15 is 0 Å². The number of halogens is 2. The molecule has 1 aliphatic rings. The molecule has 66 valence electrons. The number of rotatable bonds is 1. The van der Waals surface area contributed by atoms with Crippen molar-refractivity contribution in [1.82, 2.24) is 0 Å². The maximum Gasteiger partial charge on any atom is 0.251 e. The third-order valence-electron chi connectivity index (χ3n) is 2.62. The zero-order valence-corrected chi connectivity index (χ0v) is 7.24. The van der Waals surface area contributed by atoms with Crippen LogP contribution >= 0.6 is 0 Å². The van der Waals surface area contributed by atoms with Gasteiger partial charge in [-0.05, 0) is 18.8 Å². The molecule has 1 saturated carbocycles. The van der Waals surface area contributed by atoms with Gasteiger partial charge in [-0.3, -0.25) is 0 Å². The highest BCUT2D eigenvalue weighted by molar-refractivity contribution is 4.83. The standard InChI is InChI=1S/C9H16F2/c1-7(2)8-5-3-4-6-9(8,10)11/h7-8H,3-6H2,1-2H3/t8-/m1/s1. The lowest BCUT2D eigenvalue weighted by atomic mass is 9.79. The van der Waals surface area contributed by atoms with Gasteiger partial charge in [0.1, 0.15) is 0 Å². The Morgan fingerprint density at radius 2 is 1.91 bits per heavy atom. The van der Waals surface area contributed by atoms with Crippen molar-refractivity contribution in [3.05, 3.63) is 0 Å². The summed E-state index contributed by atoms with van der Waals surface area (Å²) in [5.41, 5.74) is 0. The van der Waals surface area contributed by atoms with Crippen LogP contribution < -0.4 is 0 Å². The Hall–Kier alpha value is -0.140. The second-order valence-corrected chi connectivity index (χ2v) is 3.86. The van der Waals surface area contributed by atoms with Crippen molar-refractivity contribution in [2.45, 2.75) is 45.5 Å². The highest BCUT2D eigenvalue weighted by Crippen LogP contribution is 2.42. The van der Waals surface area contributed by atoms with E-state index in [1.165, 1.54) is 0 Å². The van der Waals surface area contributed by atoms with Crippen molar-refractivity contribution in [2.75, 3.05) is 0 Å². The van der Waals surface area contributed by atoms with E-state index in [1.807, 2.05) is 13.8 Å². The average molecular weight is 162 g/mol. The molecule has 0 aliphatic heterocycles. The van der Waals surface area contributed by atoms with Crippen molar-refractivity contribution in [3.63, 3.8) is 0 Å². The first-order valence-electron chi connectivity index (χ1n) is 4.42. The Kier molecular flexibility index (Phi) is 2.50. The Morgan fingerprint density at radius 1 is 1.27 bits per heavy atom. The molecule has 0 saturated heterocycles. The van der Waals surface area contributed by atoms with E-state index in [9.17, 15) is 8.78 Å². The Bertz CT molecular complexity index is 130. The lowest BCUT2D eigenvalue weighted by Gasteiger charge is -2.33. The highest BCUT2D eigenvalue weighted by atomic mass is 19.3. The first-order chi connectivity index (χ1) is 5.04. The topological polar surface area (TPSA) is 0 Å². The number of hydrogen-bond donors (Lipinski definition) is 0. The van der Waals surface area contributed by atoms with Gasteiger partial charge in [-0.1, -0.05) is 20.3 Å². The zero-order valence-electron chi connectivity index (χ0n) is 7.24. The first kappa shape index (κ1) is 8.95. The second-order valence-electron chi connectivity index (χ2n) is 3.86. The van der Waals surface area contributed by atoms with Crippen molar-refractivity contribution in [3.8, 4) is 0 Å². The summed E-state index contributed by atoms with van der Waals surface area (Å²) >= 11 is 0. The summed E-state index contributed by atoms with van der Waals surface area (Å²) in [6.45, 7) is 3.79. The molecule has 0 N–H and O–H groups in total. The van der Waals surface area contributed by atoms with Crippen LogP contribution in [0.15, 0.2) is 0 Å². The molecule has 1 rings (SSSR count). The van der Waals surface area contributed by atoms with Gasteiger partial charge >= 0.3 is 0 Å². The minimum Gasteiger partial charge on any atom is -0.207 e. The smallest absolute Gasteiger partial charge is 0.207 e. The molecule has 0 aromatic carbocycles. The van der Waals surface area contributed by atoms with E-state index in [4.69, 9.17) is 0 Å². The molecule has 0 aromatic rings. The van der Waals surface area contributed by atoms with Crippen LogP contribution in [0.5, 0.6) is 0 Å². The summed E-state index contributed by atoms with van der Waals surface area (Å²) in [4.78, 5) is 0. The van der Waals surface area contributed by atoms with Gasteiger partial charge in [-0.25, -0.2) is 8.78 Å². The summed E-state index contributed by atoms with van der Waals surface area (Å²) in [5.74, 6) is -2.62. The third kappa shape index (κ3) is 1.91. The molecule has 0 nitrogen and oxygen atoms in total. The highest BCUT2D eigenvalue weighted by Gasteiger charge is 2.42. The van der Waals surface area contributed by atoms with E-state index in [0.29, 0.717) is 12.8 Å². The van der Waals surface area contributed by atoms with E-state index in [-0.39, 0.29) is 18.3 Å². The van der Waals surface area contributed by atoms with Gasteiger partial charge in [0.15, 0.2) is 0 Å². The number of hydrogen-bond acceptors (Lipinski definition) is 0. The first-order valence-corrected chi connectivity index (χ1v) is 4.42. The predicted molar refractivity (Wildman–Crippen MR) is 41.7 cm³/mol. The molecule has 1 fully saturated rings. The summed E-state index contributed by atoms with van der Waals surface area (Å²) in [7, 11) is 0. The van der Waals surface area contributed by atoms with Crippen LogP contribution in [-0.4, -0.2) is 5.92 Å². The fourth-order valence-corrected chi connectivity index (χ4v) is 1.94. The SMILES string of the molecule is CC(C)[C@H]1CCCCC1(F)F. The lowest BCUT2D eigenvalue weighted by molar-refractivity contribution is -0.101. The van der Waals surface area contributed by atoms with Gasteiger partial charge in [0, 0.05) is 12.3 Å². The van der Waals surface area contributed by atoms with Gasteiger partial charge < -0.3 is 0 Å². The fourth-order valence-electron chi connectivity index (χ4n) is 1.94. The van der Waals surface area contributed by atoms with E-state index in [2.05, 4.69) is 0 Å². The van der Waals surface area contributed by atoms with Crippen molar-refractivity contribution >= 4 is 0 Å². The largest absolute Gasteiger partial charge is 0.251 e. The van der Waals surface area contributed by atoms with Crippen LogP contribution in [0.1, 0.15) is 39.5 Å². The Morgan fingerprint density at radius 3 is 2.27 bits per heavy atom. The van der Waals surface area contributed by atoms with Gasteiger partial charge in [0.2, 0.25) is 0 Å². The van der Waals surface area contributed by atoms with Gasteiger partial charge in [-0.2, -0.15) is 0 Å². The molecule has 0 bridgehead atoms. The van der Waals surface area contributed by atoms with Gasteiger partial charge in [0.05, 0.1) is 0 Å². The molecule has 11 heavy (non-hydrogen) atoms. The second kappa shape index (κ2) is 3.08. The maximum atomic E-state index is 13.1. The average Bonchev–Trinajstić information content (AvgIpc) is 1.85. The molecular formula is C9H16F2. The molecule has 0 aromatic heterocycles. The van der Waals surface area contributed by atoms with Crippen LogP contribution in [-0.2, 0) is 0 Å². The monoisotopic (exact) mass is 162 g/mol. The van der Waals surface area contributed by atoms with Crippen LogP contribution in [0, 0.1) is 11.8 Å². The van der Waals surface area contributed by atoms with Crippen molar-refractivity contribution in [2.24, 2.45) is 11.8 Å². The van der Waals surface area contributed by atoms with Crippen molar-refractivity contribution < 1.29 is 8.78 Å². The molecular weight excluding hydrogens is 146 g/mol. The summed E-state index contributed by atoms with van der Waals surface area (Å²) in [5, 5.41) is 0. The van der Waals surface area contributed by atoms with Crippen LogP contribution in [0.25, 0.3) is 0 Å². The third-order valence-corrected chi connectivity index (χ3v) is 2.62. The molecule has 0 unspecified atom stereocenters. The molecule has 0 radical (unpaired) electrons. The van der Waals surface area contributed by atoms with Crippen LogP contribution in [0.3, 0.4) is 0 Å². The number of alkyl halides is 2. The van der Waals surface area contributed by atoms with Crippen molar-refractivity contribution in [1.29, 1.82) is 0 Å². The van der Waals surface area contributed by atoms with Gasteiger partial charge in [0.25, 0.3) is 5.92 Å². The van der Waals surface area contributed by atoms with Crippen LogP contribution in [0.4, 0.5) is 8.78 Å². The molecule has 1 atom stereocenters. The fraction of sp³-hybridized carbons (Fsp3) is 1.00. The quantitative estimate of drug-likeness (QED) is 0.553. The molecule has 2 heteroatoms. The molecule has 0 amide bonds. The Balaban J connectivity index is 2.60. The molecule has 1 aliphatic carbocycles. The predicted octanol–water partition coefficient (Wildman–Crippen LogP) is 3.47. The molecule has 0 heterocycles. The summed E-state index contributed by atoms with van der Waals surface area (Å²) in [6.07, 6.45) is 2.51. The summed E-state index contributed by atoms with van der Waals surface area (Å²) in [6, 6.07) is 0. The molecule has 0 spiro atoms. The Labute approximate surface area is 67.0 Å². The van der Waals surface area contributed by atoms with E-state index < -0.39 is 5.92 Å². The normalized spacial score (nSPS) is 30.8. The summed E-state index contributed by atoms with van der Waals surface area (Å²) < 4.78 is 26.2. The minimum atomic E-state index is -2.38. The van der Waals surface area contributed by atoms with E-state index in [1.54, 1.807) is 0 Å². The maximum absolute atomic E-state index is 13.1. The van der Waals surface area contributed by atoms with E-state index in [0.717, 1.165) is 6.42 Å².